The fourth-order valence-electron chi connectivity index (χ4n) is 2.95. The zero-order valence-electron chi connectivity index (χ0n) is 14.3. The number of aliphatic hydroxyl groups is 2. The molecule has 0 aromatic carbocycles. The number of hydrogen-bond donors (Lipinski definition) is 3. The van der Waals surface area contributed by atoms with Gasteiger partial charge in [-0.2, -0.15) is 9.37 Å². The Hall–Kier alpha value is -1.54. The standard InChI is InChI=1S/C15H22FN4O4P/c1-7-17-12-9(13(23)18-7)19-15(16)20(12)14-11(22)10(21)8(24-14)5-6-25(2,3)4/h8,10-11,14,21-22H,2,5-6H2,1,3-4H3,(H,17,18,23)/t8?,10-,11-,14-/m1/s1. The molecule has 0 spiro atoms. The van der Waals surface area contributed by atoms with Crippen LogP contribution in [0.5, 0.6) is 0 Å². The highest BCUT2D eigenvalue weighted by molar-refractivity contribution is 7.72. The molecule has 138 valence electrons. The molecule has 4 atom stereocenters. The number of nitrogens with zero attached hydrogens (tertiary/aromatic N) is 3. The second-order valence-corrected chi connectivity index (χ2v) is 11.4. The summed E-state index contributed by atoms with van der Waals surface area (Å²) in [6.45, 7) is 4.35. The zero-order valence-corrected chi connectivity index (χ0v) is 15.2. The van der Waals surface area contributed by atoms with Crippen molar-refractivity contribution in [1.29, 1.82) is 0 Å². The highest BCUT2D eigenvalue weighted by Gasteiger charge is 2.45. The van der Waals surface area contributed by atoms with E-state index < -0.39 is 43.1 Å². The van der Waals surface area contributed by atoms with Gasteiger partial charge < -0.3 is 19.9 Å². The first kappa shape index (κ1) is 18.3. The molecule has 2 aromatic heterocycles. The number of aliphatic hydroxyl groups excluding tert-OH is 2. The molecular weight excluding hydrogens is 350 g/mol. The maximum Gasteiger partial charge on any atom is 0.293 e. The number of aryl methyl sites for hydroxylation is 1. The lowest BCUT2D eigenvalue weighted by molar-refractivity contribution is -0.0413. The summed E-state index contributed by atoms with van der Waals surface area (Å²) in [7, 11) is 0. The predicted molar refractivity (Wildman–Crippen MR) is 94.1 cm³/mol. The van der Waals surface area contributed by atoms with Crippen molar-refractivity contribution in [3.63, 3.8) is 0 Å². The molecule has 10 heteroatoms. The van der Waals surface area contributed by atoms with Crippen LogP contribution in [0, 0.1) is 13.0 Å². The van der Waals surface area contributed by atoms with Crippen LogP contribution in [0.3, 0.4) is 0 Å². The Morgan fingerprint density at radius 1 is 1.36 bits per heavy atom. The Labute approximate surface area is 143 Å². The summed E-state index contributed by atoms with van der Waals surface area (Å²) in [6.07, 6.45) is -0.0126. The number of rotatable bonds is 4. The monoisotopic (exact) mass is 372 g/mol. The maximum atomic E-state index is 14.4. The summed E-state index contributed by atoms with van der Waals surface area (Å²) >= 11 is 0. The normalized spacial score (nSPS) is 27.3. The molecule has 3 N–H and O–H groups in total. The van der Waals surface area contributed by atoms with Crippen molar-refractivity contribution in [1.82, 2.24) is 19.5 Å². The molecule has 0 radical (unpaired) electrons. The van der Waals surface area contributed by atoms with Crippen molar-refractivity contribution in [3.05, 3.63) is 22.3 Å². The van der Waals surface area contributed by atoms with E-state index in [0.717, 1.165) is 10.7 Å². The number of nitrogens with one attached hydrogen (secondary N) is 1. The molecule has 1 saturated heterocycles. The van der Waals surface area contributed by atoms with Crippen LogP contribution in [0.2, 0.25) is 0 Å². The van der Waals surface area contributed by atoms with Gasteiger partial charge in [0.1, 0.15) is 18.0 Å². The van der Waals surface area contributed by atoms with Crippen LogP contribution in [-0.4, -0.2) is 73.8 Å². The molecule has 1 fully saturated rings. The maximum absolute atomic E-state index is 14.4. The summed E-state index contributed by atoms with van der Waals surface area (Å²) in [5.74, 6) is 0.284. The minimum atomic E-state index is -1.36. The molecule has 25 heavy (non-hydrogen) atoms. The lowest BCUT2D eigenvalue weighted by Gasteiger charge is -2.18. The second kappa shape index (κ2) is 6.32. The molecule has 0 saturated carbocycles. The highest BCUT2D eigenvalue weighted by Crippen LogP contribution is 2.40. The lowest BCUT2D eigenvalue weighted by Crippen LogP contribution is -2.32. The van der Waals surface area contributed by atoms with Crippen molar-refractivity contribution >= 4 is 24.3 Å². The smallest absolute Gasteiger partial charge is 0.293 e. The average Bonchev–Trinajstić information content (AvgIpc) is 2.95. The molecule has 8 nitrogen and oxygen atoms in total. The fraction of sp³-hybridized carbons (Fsp3) is 0.600. The fourth-order valence-corrected chi connectivity index (χ4v) is 3.90. The van der Waals surface area contributed by atoms with E-state index in [1.807, 2.05) is 0 Å². The van der Waals surface area contributed by atoms with E-state index in [2.05, 4.69) is 34.6 Å². The minimum Gasteiger partial charge on any atom is -0.388 e. The van der Waals surface area contributed by atoms with Crippen LogP contribution in [0.25, 0.3) is 11.2 Å². The van der Waals surface area contributed by atoms with Gasteiger partial charge in [0, 0.05) is 0 Å². The van der Waals surface area contributed by atoms with Gasteiger partial charge >= 0.3 is 0 Å². The van der Waals surface area contributed by atoms with E-state index in [9.17, 15) is 19.4 Å². The summed E-state index contributed by atoms with van der Waals surface area (Å²) < 4.78 is 21.0. The number of H-pyrrole nitrogens is 1. The van der Waals surface area contributed by atoms with Gasteiger partial charge in [0.15, 0.2) is 17.4 Å². The largest absolute Gasteiger partial charge is 0.388 e. The van der Waals surface area contributed by atoms with Crippen LogP contribution < -0.4 is 5.56 Å². The summed E-state index contributed by atoms with van der Waals surface area (Å²) in [6, 6.07) is 0. The van der Waals surface area contributed by atoms with E-state index in [4.69, 9.17) is 4.74 Å². The number of hydrogen-bond acceptors (Lipinski definition) is 6. The van der Waals surface area contributed by atoms with E-state index in [0.29, 0.717) is 6.42 Å². The number of halogens is 1. The van der Waals surface area contributed by atoms with Crippen molar-refractivity contribution in [3.8, 4) is 0 Å². The van der Waals surface area contributed by atoms with Crippen LogP contribution in [-0.2, 0) is 4.74 Å². The van der Waals surface area contributed by atoms with Gasteiger partial charge in [-0.3, -0.25) is 9.36 Å². The van der Waals surface area contributed by atoms with Crippen LogP contribution in [0.15, 0.2) is 4.79 Å². The quantitative estimate of drug-likeness (QED) is 0.525. The van der Waals surface area contributed by atoms with Gasteiger partial charge in [0.2, 0.25) is 0 Å². The first-order valence-electron chi connectivity index (χ1n) is 7.92. The molecule has 3 rings (SSSR count). The van der Waals surface area contributed by atoms with E-state index >= 15 is 0 Å². The zero-order chi connectivity index (χ0) is 18.5. The number of aromatic nitrogens is 4. The molecular formula is C15H22FN4O4P. The van der Waals surface area contributed by atoms with Crippen LogP contribution in [0.4, 0.5) is 4.39 Å². The predicted octanol–water partition coefficient (Wildman–Crippen LogP) is 0.286. The van der Waals surface area contributed by atoms with Gasteiger partial charge in [-0.1, -0.05) is 0 Å². The molecule has 0 amide bonds. The van der Waals surface area contributed by atoms with Crippen LogP contribution >= 0.6 is 6.89 Å². The van der Waals surface area contributed by atoms with Crippen molar-refractivity contribution in [2.24, 2.45) is 0 Å². The SMILES string of the molecule is C=P(C)(C)CCC1O[C@@H](n2c(F)nc3c(=O)[nH]c(C)nc32)[C@H](O)[C@@H]1O. The third kappa shape index (κ3) is 3.42. The number of ether oxygens (including phenoxy) is 1. The van der Waals surface area contributed by atoms with E-state index in [1.165, 1.54) is 0 Å². The van der Waals surface area contributed by atoms with Gasteiger partial charge in [0.25, 0.3) is 11.6 Å². The Morgan fingerprint density at radius 3 is 2.68 bits per heavy atom. The Bertz CT molecular complexity index is 905. The van der Waals surface area contributed by atoms with E-state index in [1.54, 1.807) is 6.92 Å². The summed E-state index contributed by atoms with van der Waals surface area (Å²) in [4.78, 5) is 22.0. The molecule has 3 heterocycles. The summed E-state index contributed by atoms with van der Waals surface area (Å²) in [5, 5.41) is 20.6. The Kier molecular flexibility index (Phi) is 4.61. The van der Waals surface area contributed by atoms with Gasteiger partial charge in [-0.05, 0) is 32.8 Å². The molecule has 1 aliphatic rings. The third-order valence-corrected chi connectivity index (χ3v) is 5.71. The molecule has 1 unspecified atom stereocenters. The highest BCUT2D eigenvalue weighted by atomic mass is 31.2. The number of imidazole rings is 1. The lowest BCUT2D eigenvalue weighted by atomic mass is 10.1. The van der Waals surface area contributed by atoms with Crippen molar-refractivity contribution in [2.45, 2.75) is 37.9 Å². The average molecular weight is 372 g/mol. The molecule has 1 aliphatic heterocycles. The topological polar surface area (TPSA) is 113 Å². The first-order chi connectivity index (χ1) is 11.6. The number of fused-ring (bicyclic) bond motifs is 1. The summed E-state index contributed by atoms with van der Waals surface area (Å²) in [5.41, 5.74) is -0.782. The molecule has 0 aliphatic carbocycles. The van der Waals surface area contributed by atoms with Gasteiger partial charge in [-0.25, -0.2) is 4.98 Å². The Balaban J connectivity index is 1.97. The first-order valence-corrected chi connectivity index (χ1v) is 11.0. The van der Waals surface area contributed by atoms with Gasteiger partial charge in [0.05, 0.1) is 6.10 Å². The second-order valence-electron chi connectivity index (χ2n) is 7.07. The van der Waals surface area contributed by atoms with Crippen molar-refractivity contribution < 1.29 is 19.3 Å². The molecule has 2 aromatic rings. The third-order valence-electron chi connectivity index (χ3n) is 4.24. The number of aromatic amines is 1. The van der Waals surface area contributed by atoms with E-state index in [-0.39, 0.29) is 17.0 Å². The molecule has 0 bridgehead atoms. The van der Waals surface area contributed by atoms with Crippen molar-refractivity contribution in [2.75, 3.05) is 19.5 Å². The van der Waals surface area contributed by atoms with Gasteiger partial charge in [-0.15, -0.1) is 13.2 Å². The Morgan fingerprint density at radius 2 is 2.04 bits per heavy atom. The van der Waals surface area contributed by atoms with Crippen LogP contribution in [0.1, 0.15) is 18.5 Å². The minimum absolute atomic E-state index is 0.0272.